The highest BCUT2D eigenvalue weighted by Gasteiger charge is 2.12. The third-order valence-corrected chi connectivity index (χ3v) is 4.41. The number of aromatic nitrogens is 2. The third kappa shape index (κ3) is 4.96. The second-order valence-electron chi connectivity index (χ2n) is 6.65. The van der Waals surface area contributed by atoms with Crippen LogP contribution < -0.4 is 16.2 Å². The summed E-state index contributed by atoms with van der Waals surface area (Å²) in [6.07, 6.45) is 0.735. The van der Waals surface area contributed by atoms with E-state index in [2.05, 4.69) is 15.7 Å². The van der Waals surface area contributed by atoms with Crippen LogP contribution in [-0.2, 0) is 22.6 Å². The molecule has 0 aliphatic carbocycles. The van der Waals surface area contributed by atoms with Crippen molar-refractivity contribution in [2.24, 2.45) is 0 Å². The molecular weight excluding hydrogens is 387 g/mol. The molecule has 0 saturated carbocycles. The van der Waals surface area contributed by atoms with Gasteiger partial charge in [0.1, 0.15) is 12.4 Å². The average Bonchev–Trinajstić information content (AvgIpc) is 2.71. The molecule has 0 unspecified atom stereocenters. The first kappa shape index (κ1) is 20.9. The smallest absolute Gasteiger partial charge is 0.267 e. The second-order valence-corrected chi connectivity index (χ2v) is 6.65. The van der Waals surface area contributed by atoms with Crippen LogP contribution >= 0.6 is 0 Å². The minimum atomic E-state index is -0.577. The average molecular weight is 408 g/mol. The Kier molecular flexibility index (Phi) is 6.36. The number of halogens is 1. The molecule has 2 amide bonds. The molecule has 2 N–H and O–H groups in total. The quantitative estimate of drug-likeness (QED) is 0.655. The number of hydrogen-bond donors (Lipinski definition) is 2. The molecule has 3 aromatic rings. The zero-order valence-corrected chi connectivity index (χ0v) is 16.6. The van der Waals surface area contributed by atoms with E-state index in [1.807, 2.05) is 19.1 Å². The highest BCUT2D eigenvalue weighted by atomic mass is 19.1. The third-order valence-electron chi connectivity index (χ3n) is 4.41. The Morgan fingerprint density at radius 2 is 1.80 bits per heavy atom. The fourth-order valence-electron chi connectivity index (χ4n) is 2.95. The molecule has 154 valence electrons. The minimum Gasteiger partial charge on any atom is -0.326 e. The molecule has 7 nitrogen and oxygen atoms in total. The summed E-state index contributed by atoms with van der Waals surface area (Å²) in [4.78, 5) is 35.9. The molecule has 3 rings (SSSR count). The van der Waals surface area contributed by atoms with Gasteiger partial charge in [-0.25, -0.2) is 9.07 Å². The van der Waals surface area contributed by atoms with Crippen molar-refractivity contribution in [2.75, 3.05) is 10.6 Å². The molecule has 0 spiro atoms. The van der Waals surface area contributed by atoms with E-state index in [0.717, 1.165) is 16.7 Å². The summed E-state index contributed by atoms with van der Waals surface area (Å²) < 4.78 is 14.7. The fraction of sp³-hybridized carbons (Fsp3) is 0.182. The van der Waals surface area contributed by atoms with Crippen molar-refractivity contribution in [2.45, 2.75) is 26.8 Å². The van der Waals surface area contributed by atoms with Crippen LogP contribution in [0.1, 0.15) is 19.4 Å². The molecule has 2 aromatic carbocycles. The van der Waals surface area contributed by atoms with Gasteiger partial charge in [-0.15, -0.1) is 0 Å². The first-order valence-corrected chi connectivity index (χ1v) is 9.41. The normalized spacial score (nSPS) is 10.5. The van der Waals surface area contributed by atoms with Crippen molar-refractivity contribution in [1.82, 2.24) is 9.78 Å². The highest BCUT2D eigenvalue weighted by molar-refractivity contribution is 5.91. The highest BCUT2D eigenvalue weighted by Crippen LogP contribution is 2.24. The molecule has 0 bridgehead atoms. The maximum Gasteiger partial charge on any atom is 0.267 e. The topological polar surface area (TPSA) is 93.1 Å². The Bertz CT molecular complexity index is 1160. The van der Waals surface area contributed by atoms with E-state index in [1.165, 1.54) is 31.2 Å². The predicted octanol–water partition coefficient (Wildman–Crippen LogP) is 3.21. The van der Waals surface area contributed by atoms with Crippen LogP contribution in [-0.4, -0.2) is 21.6 Å². The Morgan fingerprint density at radius 3 is 2.50 bits per heavy atom. The van der Waals surface area contributed by atoms with Gasteiger partial charge in [-0.1, -0.05) is 31.2 Å². The number of hydrogen-bond acceptors (Lipinski definition) is 4. The van der Waals surface area contributed by atoms with Crippen LogP contribution in [0.5, 0.6) is 0 Å². The summed E-state index contributed by atoms with van der Waals surface area (Å²) in [5.41, 5.74) is 2.34. The molecule has 0 saturated heterocycles. The van der Waals surface area contributed by atoms with Crippen molar-refractivity contribution < 1.29 is 14.0 Å². The predicted molar refractivity (Wildman–Crippen MR) is 113 cm³/mol. The molecular formula is C22H21FN4O3. The standard InChI is InChI=1S/C22H21FN4O3/c1-3-15-8-9-16(12-20(15)24-14(2)28)18-10-11-22(30)27(26-18)13-21(29)25-19-7-5-4-6-17(19)23/h4-12H,3,13H2,1-2H3,(H,24,28)(H,25,29). The van der Waals surface area contributed by atoms with Crippen molar-refractivity contribution >= 4 is 23.2 Å². The number of rotatable bonds is 6. The van der Waals surface area contributed by atoms with Crippen LogP contribution in [0.4, 0.5) is 15.8 Å². The largest absolute Gasteiger partial charge is 0.326 e. The van der Waals surface area contributed by atoms with Crippen molar-refractivity contribution in [3.8, 4) is 11.3 Å². The molecule has 1 aromatic heterocycles. The number of benzene rings is 2. The van der Waals surface area contributed by atoms with Crippen LogP contribution in [0.3, 0.4) is 0 Å². The molecule has 0 aliphatic rings. The summed E-state index contributed by atoms with van der Waals surface area (Å²) in [5.74, 6) is -1.34. The van der Waals surface area contributed by atoms with E-state index in [0.29, 0.717) is 16.9 Å². The number of carbonyl (C=O) groups excluding carboxylic acids is 2. The van der Waals surface area contributed by atoms with E-state index in [1.54, 1.807) is 18.2 Å². The maximum absolute atomic E-state index is 13.7. The molecule has 1 heterocycles. The number of carbonyl (C=O) groups is 2. The Balaban J connectivity index is 1.86. The van der Waals surface area contributed by atoms with Crippen molar-refractivity contribution in [1.29, 1.82) is 0 Å². The van der Waals surface area contributed by atoms with Gasteiger partial charge >= 0.3 is 0 Å². The number of aryl methyl sites for hydroxylation is 1. The lowest BCUT2D eigenvalue weighted by Gasteiger charge is -2.12. The van der Waals surface area contributed by atoms with Gasteiger partial charge in [0, 0.05) is 24.2 Å². The number of nitrogens with zero attached hydrogens (tertiary/aromatic N) is 2. The van der Waals surface area contributed by atoms with Crippen LogP contribution in [0.2, 0.25) is 0 Å². The zero-order chi connectivity index (χ0) is 21.7. The van der Waals surface area contributed by atoms with E-state index >= 15 is 0 Å². The summed E-state index contributed by atoms with van der Waals surface area (Å²) >= 11 is 0. The Morgan fingerprint density at radius 1 is 1.03 bits per heavy atom. The van der Waals surface area contributed by atoms with Crippen molar-refractivity contribution in [3.63, 3.8) is 0 Å². The van der Waals surface area contributed by atoms with Gasteiger partial charge in [-0.3, -0.25) is 14.4 Å². The van der Waals surface area contributed by atoms with Gasteiger partial charge < -0.3 is 10.6 Å². The molecule has 30 heavy (non-hydrogen) atoms. The lowest BCUT2D eigenvalue weighted by molar-refractivity contribution is -0.117. The molecule has 0 aliphatic heterocycles. The van der Waals surface area contributed by atoms with Gasteiger partial charge in [-0.2, -0.15) is 5.10 Å². The number of anilines is 2. The van der Waals surface area contributed by atoms with Gasteiger partial charge in [-0.05, 0) is 36.2 Å². The second kappa shape index (κ2) is 9.13. The molecule has 0 atom stereocenters. The van der Waals surface area contributed by atoms with Crippen LogP contribution in [0.25, 0.3) is 11.3 Å². The summed E-state index contributed by atoms with van der Waals surface area (Å²) in [6, 6.07) is 14.1. The van der Waals surface area contributed by atoms with Gasteiger partial charge in [0.05, 0.1) is 11.4 Å². The molecule has 0 radical (unpaired) electrons. The van der Waals surface area contributed by atoms with E-state index in [4.69, 9.17) is 0 Å². The number of para-hydroxylation sites is 1. The Labute approximate surface area is 172 Å². The SMILES string of the molecule is CCc1ccc(-c2ccc(=O)n(CC(=O)Nc3ccccc3F)n2)cc1NC(C)=O. The number of amides is 2. The van der Waals surface area contributed by atoms with Gasteiger partial charge in [0.25, 0.3) is 5.56 Å². The van der Waals surface area contributed by atoms with Gasteiger partial charge in [0.2, 0.25) is 11.8 Å². The van der Waals surface area contributed by atoms with Gasteiger partial charge in [0.15, 0.2) is 0 Å². The van der Waals surface area contributed by atoms with E-state index in [-0.39, 0.29) is 18.1 Å². The zero-order valence-electron chi connectivity index (χ0n) is 16.6. The maximum atomic E-state index is 13.7. The first-order chi connectivity index (χ1) is 14.4. The van der Waals surface area contributed by atoms with Crippen LogP contribution in [0, 0.1) is 5.82 Å². The fourth-order valence-corrected chi connectivity index (χ4v) is 2.95. The lowest BCUT2D eigenvalue weighted by Crippen LogP contribution is -2.29. The molecule has 8 heteroatoms. The first-order valence-electron chi connectivity index (χ1n) is 9.41. The summed E-state index contributed by atoms with van der Waals surface area (Å²) in [6.45, 7) is 3.04. The van der Waals surface area contributed by atoms with Crippen molar-refractivity contribution in [3.05, 3.63) is 76.3 Å². The van der Waals surface area contributed by atoms with E-state index in [9.17, 15) is 18.8 Å². The number of nitrogens with one attached hydrogen (secondary N) is 2. The van der Waals surface area contributed by atoms with Crippen LogP contribution in [0.15, 0.2) is 59.4 Å². The molecule has 0 fully saturated rings. The van der Waals surface area contributed by atoms with E-state index < -0.39 is 17.3 Å². The lowest BCUT2D eigenvalue weighted by atomic mass is 10.0. The minimum absolute atomic E-state index is 0.0295. The summed E-state index contributed by atoms with van der Waals surface area (Å²) in [7, 11) is 0. The Hall–Kier alpha value is -3.81. The monoisotopic (exact) mass is 408 g/mol. The summed E-state index contributed by atoms with van der Waals surface area (Å²) in [5, 5.41) is 9.48.